The van der Waals surface area contributed by atoms with Crippen LogP contribution in [0.15, 0.2) is 36.7 Å². The van der Waals surface area contributed by atoms with E-state index in [2.05, 4.69) is 15.3 Å². The third kappa shape index (κ3) is 4.65. The number of primary amides is 1. The number of nitrogens with two attached hydrogens (primary N) is 1. The Morgan fingerprint density at radius 2 is 1.83 bits per heavy atom. The maximum atomic E-state index is 12.1. The van der Waals surface area contributed by atoms with E-state index in [9.17, 15) is 9.59 Å². The zero-order chi connectivity index (χ0) is 16.8. The van der Waals surface area contributed by atoms with Crippen molar-refractivity contribution >= 4 is 23.4 Å². The molecule has 1 aromatic heterocycles. The van der Waals surface area contributed by atoms with Crippen LogP contribution in [0.2, 0.25) is 5.02 Å². The van der Waals surface area contributed by atoms with Crippen LogP contribution in [-0.4, -0.2) is 34.4 Å². The van der Waals surface area contributed by atoms with E-state index < -0.39 is 11.8 Å². The minimum Gasteiger partial charge on any atom is -0.489 e. The number of carbonyl (C=O) groups is 2. The first-order chi connectivity index (χ1) is 11.0. The molecule has 0 unspecified atom stereocenters. The Bertz CT molecular complexity index is 706. The molecule has 0 aliphatic heterocycles. The van der Waals surface area contributed by atoms with Gasteiger partial charge in [0.15, 0.2) is 11.4 Å². The summed E-state index contributed by atoms with van der Waals surface area (Å²) in [6.07, 6.45) is 2.31. The topological polar surface area (TPSA) is 107 Å². The zero-order valence-electron chi connectivity index (χ0n) is 12.3. The summed E-state index contributed by atoms with van der Waals surface area (Å²) in [5.41, 5.74) is 4.88. The highest BCUT2D eigenvalue weighted by Crippen LogP contribution is 2.16. The largest absolute Gasteiger partial charge is 0.489 e. The Morgan fingerprint density at radius 1 is 1.22 bits per heavy atom. The van der Waals surface area contributed by atoms with Crippen molar-refractivity contribution < 1.29 is 14.3 Å². The van der Waals surface area contributed by atoms with E-state index in [0.29, 0.717) is 10.8 Å². The number of benzene rings is 1. The van der Waals surface area contributed by atoms with Crippen molar-refractivity contribution in [3.8, 4) is 5.75 Å². The molecule has 8 heteroatoms. The SMILES string of the molecule is C[C@@H](CNC(=O)c1nccnc1C(N)=O)Oc1ccc(Cl)cc1. The fourth-order valence-electron chi connectivity index (χ4n) is 1.79. The molecule has 0 bridgehead atoms. The molecule has 2 aromatic rings. The standard InChI is InChI=1S/C15H15ClN4O3/c1-9(23-11-4-2-10(16)3-5-11)8-20-15(22)13-12(14(17)21)18-6-7-19-13/h2-7,9H,8H2,1H3,(H2,17,21)(H,20,22)/t9-/m0/s1. The van der Waals surface area contributed by atoms with E-state index in [1.807, 2.05) is 0 Å². The zero-order valence-corrected chi connectivity index (χ0v) is 13.1. The molecule has 0 saturated carbocycles. The first-order valence-corrected chi connectivity index (χ1v) is 7.16. The van der Waals surface area contributed by atoms with E-state index in [1.54, 1.807) is 31.2 Å². The van der Waals surface area contributed by atoms with Gasteiger partial charge in [-0.1, -0.05) is 11.6 Å². The molecular weight excluding hydrogens is 320 g/mol. The summed E-state index contributed by atoms with van der Waals surface area (Å²) in [5, 5.41) is 3.24. The number of ether oxygens (including phenoxy) is 1. The Labute approximate surface area is 137 Å². The Morgan fingerprint density at radius 3 is 2.43 bits per heavy atom. The second kappa shape index (κ2) is 7.55. The number of nitrogens with one attached hydrogen (secondary N) is 1. The van der Waals surface area contributed by atoms with Gasteiger partial charge in [-0.2, -0.15) is 0 Å². The number of aromatic nitrogens is 2. The highest BCUT2D eigenvalue weighted by Gasteiger charge is 2.18. The lowest BCUT2D eigenvalue weighted by Gasteiger charge is -2.15. The predicted octanol–water partition coefficient (Wildman–Crippen LogP) is 1.43. The summed E-state index contributed by atoms with van der Waals surface area (Å²) in [5.74, 6) is -0.722. The third-order valence-corrected chi connectivity index (χ3v) is 3.10. The molecule has 23 heavy (non-hydrogen) atoms. The number of nitrogens with zero attached hydrogens (tertiary/aromatic N) is 2. The highest BCUT2D eigenvalue weighted by molar-refractivity contribution is 6.30. The molecule has 0 fully saturated rings. The van der Waals surface area contributed by atoms with Crippen LogP contribution in [0.25, 0.3) is 0 Å². The average Bonchev–Trinajstić information content (AvgIpc) is 2.54. The van der Waals surface area contributed by atoms with Crippen LogP contribution in [0.1, 0.15) is 27.9 Å². The average molecular weight is 335 g/mol. The molecule has 3 N–H and O–H groups in total. The van der Waals surface area contributed by atoms with Gasteiger partial charge in [0.1, 0.15) is 11.9 Å². The van der Waals surface area contributed by atoms with Crippen molar-refractivity contribution in [1.29, 1.82) is 0 Å². The molecule has 120 valence electrons. The van der Waals surface area contributed by atoms with Gasteiger partial charge < -0.3 is 15.8 Å². The summed E-state index contributed by atoms with van der Waals surface area (Å²) in [4.78, 5) is 30.9. The molecule has 1 heterocycles. The van der Waals surface area contributed by atoms with Crippen LogP contribution < -0.4 is 15.8 Å². The van der Waals surface area contributed by atoms with Gasteiger partial charge in [-0.05, 0) is 31.2 Å². The van der Waals surface area contributed by atoms with Gasteiger partial charge in [0.2, 0.25) is 0 Å². The Balaban J connectivity index is 1.94. The minimum atomic E-state index is -0.811. The van der Waals surface area contributed by atoms with E-state index in [4.69, 9.17) is 22.1 Å². The number of hydrogen-bond acceptors (Lipinski definition) is 5. The fourth-order valence-corrected chi connectivity index (χ4v) is 1.92. The summed E-state index contributed by atoms with van der Waals surface area (Å²) in [7, 11) is 0. The van der Waals surface area contributed by atoms with Gasteiger partial charge >= 0.3 is 0 Å². The molecule has 0 saturated heterocycles. The van der Waals surface area contributed by atoms with Gasteiger partial charge in [-0.25, -0.2) is 9.97 Å². The van der Waals surface area contributed by atoms with Crippen molar-refractivity contribution in [2.75, 3.05) is 6.54 Å². The molecule has 0 aliphatic rings. The second-order valence-corrected chi connectivity index (χ2v) is 5.15. The molecule has 0 aliphatic carbocycles. The predicted molar refractivity (Wildman–Crippen MR) is 84.4 cm³/mol. The number of rotatable bonds is 6. The molecule has 1 atom stereocenters. The van der Waals surface area contributed by atoms with Gasteiger partial charge in [0.05, 0.1) is 6.54 Å². The Kier molecular flexibility index (Phi) is 5.48. The molecule has 7 nitrogen and oxygen atoms in total. The van der Waals surface area contributed by atoms with Crippen LogP contribution in [0, 0.1) is 0 Å². The summed E-state index contributed by atoms with van der Waals surface area (Å²) in [6, 6.07) is 6.88. The lowest BCUT2D eigenvalue weighted by Crippen LogP contribution is -2.35. The quantitative estimate of drug-likeness (QED) is 0.830. The smallest absolute Gasteiger partial charge is 0.272 e. The normalized spacial score (nSPS) is 11.6. The van der Waals surface area contributed by atoms with Gasteiger partial charge in [-0.3, -0.25) is 9.59 Å². The summed E-state index contributed by atoms with van der Waals surface area (Å²) < 4.78 is 5.63. The molecule has 2 rings (SSSR count). The first kappa shape index (κ1) is 16.7. The van der Waals surface area contributed by atoms with Crippen LogP contribution in [0.5, 0.6) is 5.75 Å². The molecule has 1 aromatic carbocycles. The van der Waals surface area contributed by atoms with E-state index >= 15 is 0 Å². The number of halogens is 1. The van der Waals surface area contributed by atoms with Gasteiger partial charge in [0, 0.05) is 17.4 Å². The monoisotopic (exact) mass is 334 g/mol. The highest BCUT2D eigenvalue weighted by atomic mass is 35.5. The van der Waals surface area contributed by atoms with Crippen LogP contribution >= 0.6 is 11.6 Å². The maximum Gasteiger partial charge on any atom is 0.272 e. The third-order valence-electron chi connectivity index (χ3n) is 2.85. The number of amides is 2. The van der Waals surface area contributed by atoms with Crippen LogP contribution in [-0.2, 0) is 0 Å². The lowest BCUT2D eigenvalue weighted by molar-refractivity contribution is 0.0911. The molecular formula is C15H15ClN4O3. The van der Waals surface area contributed by atoms with Gasteiger partial charge in [0.25, 0.3) is 11.8 Å². The van der Waals surface area contributed by atoms with E-state index in [1.165, 1.54) is 12.4 Å². The first-order valence-electron chi connectivity index (χ1n) is 6.78. The summed E-state index contributed by atoms with van der Waals surface area (Å²) in [6.45, 7) is 2.01. The van der Waals surface area contributed by atoms with E-state index in [-0.39, 0.29) is 24.0 Å². The Hall–Kier alpha value is -2.67. The maximum absolute atomic E-state index is 12.1. The van der Waals surface area contributed by atoms with Crippen LogP contribution in [0.4, 0.5) is 0 Å². The number of carbonyl (C=O) groups excluding carboxylic acids is 2. The number of hydrogen-bond donors (Lipinski definition) is 2. The molecule has 0 radical (unpaired) electrons. The lowest BCUT2D eigenvalue weighted by atomic mass is 10.2. The van der Waals surface area contributed by atoms with Gasteiger partial charge in [-0.15, -0.1) is 0 Å². The van der Waals surface area contributed by atoms with E-state index in [0.717, 1.165) is 0 Å². The summed E-state index contributed by atoms with van der Waals surface area (Å²) >= 11 is 5.80. The van der Waals surface area contributed by atoms with Crippen molar-refractivity contribution in [3.63, 3.8) is 0 Å². The molecule has 0 spiro atoms. The molecule has 2 amide bonds. The minimum absolute atomic E-state index is 0.112. The second-order valence-electron chi connectivity index (χ2n) is 4.71. The van der Waals surface area contributed by atoms with Crippen LogP contribution in [0.3, 0.4) is 0 Å². The van der Waals surface area contributed by atoms with Crippen molar-refractivity contribution in [2.45, 2.75) is 13.0 Å². The van der Waals surface area contributed by atoms with Crippen molar-refractivity contribution in [2.24, 2.45) is 5.73 Å². The van der Waals surface area contributed by atoms with Crippen molar-refractivity contribution in [3.05, 3.63) is 53.1 Å². The fraction of sp³-hybridized carbons (Fsp3) is 0.200. The van der Waals surface area contributed by atoms with Crippen molar-refractivity contribution in [1.82, 2.24) is 15.3 Å².